The largest absolute Gasteiger partial charge is 0.352 e. The highest BCUT2D eigenvalue weighted by molar-refractivity contribution is 7.18. The third-order valence-corrected chi connectivity index (χ3v) is 6.33. The van der Waals surface area contributed by atoms with E-state index in [9.17, 15) is 4.79 Å². The van der Waals surface area contributed by atoms with E-state index in [1.807, 2.05) is 35.2 Å². The smallest absolute Gasteiger partial charge is 0.246 e. The highest BCUT2D eigenvalue weighted by Gasteiger charge is 2.22. The lowest BCUT2D eigenvalue weighted by molar-refractivity contribution is -0.126. The van der Waals surface area contributed by atoms with Crippen LogP contribution in [0.15, 0.2) is 42.7 Å². The Kier molecular flexibility index (Phi) is 5.59. The molecule has 0 saturated carbocycles. The molecule has 0 atom stereocenters. The van der Waals surface area contributed by atoms with Crippen molar-refractivity contribution >= 4 is 51.0 Å². The highest BCUT2D eigenvalue weighted by atomic mass is 35.5. The molecule has 3 heterocycles. The van der Waals surface area contributed by atoms with Gasteiger partial charge in [-0.25, -0.2) is 9.97 Å². The zero-order chi connectivity index (χ0) is 19.5. The fourth-order valence-corrected chi connectivity index (χ4v) is 4.36. The molecule has 0 unspecified atom stereocenters. The third-order valence-electron chi connectivity index (χ3n) is 4.89. The molecule has 4 rings (SSSR count). The molecule has 144 valence electrons. The predicted octanol–water partition coefficient (Wildman–Crippen LogP) is 4.27. The first-order chi connectivity index (χ1) is 13.6. The minimum absolute atomic E-state index is 0.0336. The van der Waals surface area contributed by atoms with E-state index in [0.29, 0.717) is 18.1 Å². The number of fused-ring (bicyclic) bond motifs is 1. The van der Waals surface area contributed by atoms with Gasteiger partial charge < -0.3 is 9.80 Å². The Morgan fingerprint density at radius 3 is 2.64 bits per heavy atom. The van der Waals surface area contributed by atoms with Crippen LogP contribution in [0.2, 0.25) is 5.02 Å². The maximum absolute atomic E-state index is 12.5. The van der Waals surface area contributed by atoms with Gasteiger partial charge in [-0.05, 0) is 36.3 Å². The number of carbonyl (C=O) groups is 1. The van der Waals surface area contributed by atoms with Crippen molar-refractivity contribution in [2.24, 2.45) is 0 Å². The number of aryl methyl sites for hydroxylation is 1. The van der Waals surface area contributed by atoms with Gasteiger partial charge in [-0.2, -0.15) is 0 Å². The van der Waals surface area contributed by atoms with Crippen LogP contribution in [0.4, 0.5) is 5.82 Å². The first-order valence-corrected chi connectivity index (χ1v) is 10.5. The fraction of sp³-hybridized carbons (Fsp3) is 0.286. The van der Waals surface area contributed by atoms with Crippen molar-refractivity contribution in [3.8, 4) is 0 Å². The zero-order valence-electron chi connectivity index (χ0n) is 15.6. The number of amides is 1. The second kappa shape index (κ2) is 8.29. The van der Waals surface area contributed by atoms with Gasteiger partial charge in [0.2, 0.25) is 5.91 Å². The van der Waals surface area contributed by atoms with E-state index in [4.69, 9.17) is 11.6 Å². The van der Waals surface area contributed by atoms with E-state index in [2.05, 4.69) is 27.9 Å². The van der Waals surface area contributed by atoms with Crippen molar-refractivity contribution in [1.29, 1.82) is 0 Å². The summed E-state index contributed by atoms with van der Waals surface area (Å²) in [5, 5.41) is 1.81. The number of carbonyl (C=O) groups excluding carboxylic acids is 1. The third kappa shape index (κ3) is 4.03. The first kappa shape index (κ1) is 18.9. The molecule has 2 aromatic heterocycles. The van der Waals surface area contributed by atoms with Crippen LogP contribution in [0, 0.1) is 0 Å². The number of piperazine rings is 1. The van der Waals surface area contributed by atoms with Crippen molar-refractivity contribution in [2.45, 2.75) is 13.3 Å². The van der Waals surface area contributed by atoms with Crippen molar-refractivity contribution in [3.63, 3.8) is 0 Å². The Morgan fingerprint density at radius 1 is 1.18 bits per heavy atom. The van der Waals surface area contributed by atoms with E-state index >= 15 is 0 Å². The average Bonchev–Trinajstić information content (AvgIpc) is 3.17. The van der Waals surface area contributed by atoms with Crippen molar-refractivity contribution in [1.82, 2.24) is 14.9 Å². The molecular formula is C21H21ClN4OS. The molecule has 0 spiro atoms. The van der Waals surface area contributed by atoms with Crippen molar-refractivity contribution in [3.05, 3.63) is 58.2 Å². The predicted molar refractivity (Wildman–Crippen MR) is 116 cm³/mol. The van der Waals surface area contributed by atoms with E-state index in [-0.39, 0.29) is 5.91 Å². The number of rotatable bonds is 4. The van der Waals surface area contributed by atoms with Gasteiger partial charge >= 0.3 is 0 Å². The van der Waals surface area contributed by atoms with E-state index < -0.39 is 0 Å². The van der Waals surface area contributed by atoms with Crippen LogP contribution in [0.5, 0.6) is 0 Å². The minimum Gasteiger partial charge on any atom is -0.352 e. The molecule has 1 aromatic carbocycles. The van der Waals surface area contributed by atoms with Gasteiger partial charge in [0.15, 0.2) is 0 Å². The van der Waals surface area contributed by atoms with Crippen LogP contribution in [-0.2, 0) is 11.2 Å². The number of benzene rings is 1. The van der Waals surface area contributed by atoms with Crippen molar-refractivity contribution < 1.29 is 4.79 Å². The van der Waals surface area contributed by atoms with Gasteiger partial charge in [-0.15, -0.1) is 11.3 Å². The van der Waals surface area contributed by atoms with Crippen LogP contribution >= 0.6 is 22.9 Å². The van der Waals surface area contributed by atoms with Crippen molar-refractivity contribution in [2.75, 3.05) is 31.1 Å². The summed E-state index contributed by atoms with van der Waals surface area (Å²) < 4.78 is 0. The monoisotopic (exact) mass is 412 g/mol. The molecule has 0 N–H and O–H groups in total. The highest BCUT2D eigenvalue weighted by Crippen LogP contribution is 2.30. The van der Waals surface area contributed by atoms with Crippen LogP contribution in [0.1, 0.15) is 17.4 Å². The lowest BCUT2D eigenvalue weighted by atomic mass is 10.2. The summed E-state index contributed by atoms with van der Waals surface area (Å²) in [5.41, 5.74) is 0.962. The first-order valence-electron chi connectivity index (χ1n) is 9.35. The number of thiophene rings is 1. The van der Waals surface area contributed by atoms with Crippen LogP contribution < -0.4 is 4.90 Å². The molecular weight excluding hydrogens is 392 g/mol. The molecule has 0 radical (unpaired) electrons. The molecule has 0 aliphatic carbocycles. The molecule has 1 saturated heterocycles. The normalized spacial score (nSPS) is 14.9. The quantitative estimate of drug-likeness (QED) is 0.600. The molecule has 5 nitrogen and oxygen atoms in total. The summed E-state index contributed by atoms with van der Waals surface area (Å²) >= 11 is 7.62. The van der Waals surface area contributed by atoms with Gasteiger partial charge in [-0.1, -0.05) is 30.7 Å². The molecule has 7 heteroatoms. The van der Waals surface area contributed by atoms with Crippen LogP contribution in [0.25, 0.3) is 16.3 Å². The van der Waals surface area contributed by atoms with Gasteiger partial charge in [0.1, 0.15) is 17.0 Å². The average molecular weight is 413 g/mol. The standard InChI is InChI=1S/C21H21ClN4OS/c1-2-17-13-18-20(23-14-24-21(18)28-17)26-11-9-25(10-12-26)19(27)8-5-15-3-6-16(22)7-4-15/h3-8,13-14H,2,9-12H2,1H3. The Balaban J connectivity index is 1.41. The molecule has 1 aliphatic rings. The molecule has 3 aromatic rings. The topological polar surface area (TPSA) is 49.3 Å². The molecule has 1 fully saturated rings. The fourth-order valence-electron chi connectivity index (χ4n) is 3.30. The zero-order valence-corrected chi connectivity index (χ0v) is 17.2. The second-order valence-electron chi connectivity index (χ2n) is 6.68. The minimum atomic E-state index is 0.0336. The number of hydrogen-bond donors (Lipinski definition) is 0. The number of anilines is 1. The lowest BCUT2D eigenvalue weighted by Gasteiger charge is -2.35. The van der Waals surface area contributed by atoms with E-state index in [1.54, 1.807) is 23.7 Å². The summed E-state index contributed by atoms with van der Waals surface area (Å²) in [4.78, 5) is 27.9. The number of nitrogens with zero attached hydrogens (tertiary/aromatic N) is 4. The maximum atomic E-state index is 12.5. The molecule has 0 bridgehead atoms. The summed E-state index contributed by atoms with van der Waals surface area (Å²) in [7, 11) is 0. The molecule has 1 aliphatic heterocycles. The number of hydrogen-bond acceptors (Lipinski definition) is 5. The second-order valence-corrected chi connectivity index (χ2v) is 8.23. The SMILES string of the molecule is CCc1cc2c(N3CCN(C(=O)C=Cc4ccc(Cl)cc4)CC3)ncnc2s1. The molecule has 1 amide bonds. The summed E-state index contributed by atoms with van der Waals surface area (Å²) in [5.74, 6) is 1.01. The van der Waals surface area contributed by atoms with Gasteiger partial charge in [0.25, 0.3) is 0 Å². The summed E-state index contributed by atoms with van der Waals surface area (Å²) in [6, 6.07) is 9.63. The maximum Gasteiger partial charge on any atom is 0.246 e. The Hall–Kier alpha value is -2.44. The molecule has 28 heavy (non-hydrogen) atoms. The van der Waals surface area contributed by atoms with E-state index in [1.165, 1.54) is 4.88 Å². The number of aromatic nitrogens is 2. The van der Waals surface area contributed by atoms with Gasteiger partial charge in [-0.3, -0.25) is 4.79 Å². The lowest BCUT2D eigenvalue weighted by Crippen LogP contribution is -2.48. The van der Waals surface area contributed by atoms with Crippen LogP contribution in [0.3, 0.4) is 0 Å². The Labute approximate surface area is 173 Å². The summed E-state index contributed by atoms with van der Waals surface area (Å²) in [6.07, 6.45) is 6.10. The van der Waals surface area contributed by atoms with Crippen LogP contribution in [-0.4, -0.2) is 47.0 Å². The van der Waals surface area contributed by atoms with Gasteiger partial charge in [0.05, 0.1) is 5.39 Å². The summed E-state index contributed by atoms with van der Waals surface area (Å²) in [6.45, 7) is 5.05. The van der Waals surface area contributed by atoms with Gasteiger partial charge in [0, 0.05) is 42.2 Å². The van der Waals surface area contributed by atoms with E-state index in [0.717, 1.165) is 41.1 Å². The Morgan fingerprint density at radius 2 is 1.93 bits per heavy atom. The number of halogens is 1. The Bertz CT molecular complexity index is 1010.